The van der Waals surface area contributed by atoms with Crippen LogP contribution in [0.5, 0.6) is 0 Å². The number of rotatable bonds is 2. The second-order valence-electron chi connectivity index (χ2n) is 6.39. The molecule has 0 radical (unpaired) electrons. The lowest BCUT2D eigenvalue weighted by atomic mass is 9.90. The molecule has 0 fully saturated rings. The van der Waals surface area contributed by atoms with Gasteiger partial charge in [-0.1, -0.05) is 12.1 Å². The number of nitrogen functional groups attached to an aromatic ring is 1. The van der Waals surface area contributed by atoms with Crippen LogP contribution >= 0.6 is 0 Å². The summed E-state index contributed by atoms with van der Waals surface area (Å²) >= 11 is 0. The zero-order valence-electron chi connectivity index (χ0n) is 14.0. The van der Waals surface area contributed by atoms with Crippen molar-refractivity contribution in [3.63, 3.8) is 0 Å². The summed E-state index contributed by atoms with van der Waals surface area (Å²) in [5.74, 6) is -1.07. The first-order valence-corrected chi connectivity index (χ1v) is 8.38. The van der Waals surface area contributed by atoms with Gasteiger partial charge in [-0.15, -0.1) is 0 Å². The van der Waals surface area contributed by atoms with E-state index in [9.17, 15) is 9.59 Å². The zero-order chi connectivity index (χ0) is 18.3. The molecule has 6 heteroatoms. The first-order chi connectivity index (χ1) is 12.5. The average Bonchev–Trinajstić information content (AvgIpc) is 2.64. The molecule has 1 aliphatic carbocycles. The molecule has 0 saturated heterocycles. The van der Waals surface area contributed by atoms with E-state index < -0.39 is 5.97 Å². The minimum absolute atomic E-state index is 0.0646. The van der Waals surface area contributed by atoms with Crippen molar-refractivity contribution in [2.75, 3.05) is 5.73 Å². The minimum atomic E-state index is -1.07. The molecule has 3 N–H and O–H groups in total. The molecule has 0 aliphatic heterocycles. The Balaban J connectivity index is 1.89. The second kappa shape index (κ2) is 6.15. The molecule has 6 nitrogen and oxygen atoms in total. The molecular formula is C20H17N3O3. The average molecular weight is 347 g/mol. The van der Waals surface area contributed by atoms with Gasteiger partial charge in [0.25, 0.3) is 5.56 Å². The van der Waals surface area contributed by atoms with E-state index in [4.69, 9.17) is 10.8 Å². The Morgan fingerprint density at radius 3 is 2.65 bits per heavy atom. The van der Waals surface area contributed by atoms with Gasteiger partial charge >= 0.3 is 5.97 Å². The summed E-state index contributed by atoms with van der Waals surface area (Å²) in [7, 11) is 0. The highest BCUT2D eigenvalue weighted by Crippen LogP contribution is 2.29. The monoisotopic (exact) mass is 347 g/mol. The van der Waals surface area contributed by atoms with Gasteiger partial charge in [-0.05, 0) is 60.7 Å². The van der Waals surface area contributed by atoms with Crippen LogP contribution in [0, 0.1) is 0 Å². The summed E-state index contributed by atoms with van der Waals surface area (Å²) in [6, 6.07) is 10.6. The lowest BCUT2D eigenvalue weighted by Crippen LogP contribution is -2.25. The molecule has 0 atom stereocenters. The van der Waals surface area contributed by atoms with Gasteiger partial charge in [0.1, 0.15) is 5.65 Å². The maximum atomic E-state index is 12.9. The third kappa shape index (κ3) is 2.75. The number of hydrogen-bond acceptors (Lipinski definition) is 4. The molecule has 4 rings (SSSR count). The van der Waals surface area contributed by atoms with E-state index in [-0.39, 0.29) is 11.1 Å². The van der Waals surface area contributed by atoms with Crippen molar-refractivity contribution in [3.05, 3.63) is 75.3 Å². The van der Waals surface area contributed by atoms with Crippen LogP contribution in [-0.2, 0) is 6.42 Å². The van der Waals surface area contributed by atoms with Crippen molar-refractivity contribution >= 4 is 29.0 Å². The van der Waals surface area contributed by atoms with Gasteiger partial charge < -0.3 is 10.8 Å². The van der Waals surface area contributed by atoms with E-state index in [0.717, 1.165) is 24.0 Å². The first kappa shape index (κ1) is 16.1. The summed E-state index contributed by atoms with van der Waals surface area (Å²) in [6.07, 6.45) is 5.71. The van der Waals surface area contributed by atoms with Gasteiger partial charge in [0.15, 0.2) is 0 Å². The summed E-state index contributed by atoms with van der Waals surface area (Å²) in [6.45, 7) is 0. The van der Waals surface area contributed by atoms with Gasteiger partial charge in [-0.3, -0.25) is 9.20 Å². The summed E-state index contributed by atoms with van der Waals surface area (Å²) in [5.41, 5.74) is 10.1. The molecule has 2 aromatic heterocycles. The molecule has 0 unspecified atom stereocenters. The molecule has 0 saturated carbocycles. The largest absolute Gasteiger partial charge is 0.478 e. The number of carbonyl (C=O) groups is 1. The highest BCUT2D eigenvalue weighted by Gasteiger charge is 2.21. The van der Waals surface area contributed by atoms with E-state index in [2.05, 4.69) is 4.98 Å². The van der Waals surface area contributed by atoms with Crippen LogP contribution < -0.4 is 11.3 Å². The van der Waals surface area contributed by atoms with Gasteiger partial charge in [-0.25, -0.2) is 9.78 Å². The predicted molar refractivity (Wildman–Crippen MR) is 100 cm³/mol. The Kier molecular flexibility index (Phi) is 3.80. The van der Waals surface area contributed by atoms with Gasteiger partial charge in [-0.2, -0.15) is 0 Å². The molecular weight excluding hydrogens is 330 g/mol. The van der Waals surface area contributed by atoms with E-state index in [0.29, 0.717) is 29.0 Å². The number of hydrogen-bond donors (Lipinski definition) is 2. The number of allylic oxidation sites excluding steroid dienone is 1. The fourth-order valence-corrected chi connectivity index (χ4v) is 3.30. The number of anilines is 1. The Morgan fingerprint density at radius 1 is 1.15 bits per heavy atom. The van der Waals surface area contributed by atoms with E-state index >= 15 is 0 Å². The van der Waals surface area contributed by atoms with Crippen molar-refractivity contribution < 1.29 is 9.90 Å². The molecule has 130 valence electrons. The maximum Gasteiger partial charge on any atom is 0.337 e. The molecule has 0 bridgehead atoms. The summed E-state index contributed by atoms with van der Waals surface area (Å²) in [5, 5.41) is 9.15. The Hall–Kier alpha value is -3.41. The van der Waals surface area contributed by atoms with E-state index in [1.165, 1.54) is 16.7 Å². The highest BCUT2D eigenvalue weighted by molar-refractivity contribution is 5.88. The number of aromatic carboxylic acids is 1. The molecule has 3 aromatic rings. The number of carboxylic acid groups (broad SMARTS) is 1. The van der Waals surface area contributed by atoms with Crippen molar-refractivity contribution in [1.29, 1.82) is 0 Å². The molecule has 26 heavy (non-hydrogen) atoms. The molecule has 0 amide bonds. The van der Waals surface area contributed by atoms with Crippen LogP contribution in [0.25, 0.3) is 17.3 Å². The molecule has 1 aromatic carbocycles. The summed E-state index contributed by atoms with van der Waals surface area (Å²) < 4.78 is 1.33. The SMILES string of the molecule is Nc1ccc(/C=C2/CCCc3c2nc2ccc(C(=O)O)cn2c3=O)cc1. The molecule has 2 heterocycles. The standard InChI is InChI=1S/C20H17N3O3/c21-15-7-4-12(5-8-15)10-13-2-1-3-16-18(13)22-17-9-6-14(20(25)26)11-23(17)19(16)24/h4-11H,1-3,21H2,(H,25,26)/b13-10-. The second-order valence-corrected chi connectivity index (χ2v) is 6.39. The minimum Gasteiger partial charge on any atom is -0.478 e. The number of aromatic nitrogens is 2. The van der Waals surface area contributed by atoms with Crippen LogP contribution in [0.3, 0.4) is 0 Å². The van der Waals surface area contributed by atoms with E-state index in [1.807, 2.05) is 30.3 Å². The van der Waals surface area contributed by atoms with Crippen LogP contribution in [0.1, 0.15) is 40.0 Å². The van der Waals surface area contributed by atoms with E-state index in [1.54, 1.807) is 6.07 Å². The van der Waals surface area contributed by atoms with Crippen LogP contribution in [0.4, 0.5) is 5.69 Å². The highest BCUT2D eigenvalue weighted by atomic mass is 16.4. The smallest absolute Gasteiger partial charge is 0.337 e. The topological polar surface area (TPSA) is 97.7 Å². The number of pyridine rings is 1. The van der Waals surface area contributed by atoms with Crippen molar-refractivity contribution in [2.24, 2.45) is 0 Å². The normalized spacial score (nSPS) is 15.2. The number of nitrogens with two attached hydrogens (primary N) is 1. The fraction of sp³-hybridized carbons (Fsp3) is 0.150. The number of benzene rings is 1. The maximum absolute atomic E-state index is 12.9. The lowest BCUT2D eigenvalue weighted by Gasteiger charge is -2.18. The Labute approximate surface area is 149 Å². The molecule has 1 aliphatic rings. The Morgan fingerprint density at radius 2 is 1.92 bits per heavy atom. The first-order valence-electron chi connectivity index (χ1n) is 8.38. The predicted octanol–water partition coefficient (Wildman–Crippen LogP) is 2.85. The van der Waals surface area contributed by atoms with Crippen molar-refractivity contribution in [1.82, 2.24) is 9.38 Å². The van der Waals surface area contributed by atoms with Crippen molar-refractivity contribution in [2.45, 2.75) is 19.3 Å². The number of nitrogens with zero attached hydrogens (tertiary/aromatic N) is 2. The third-order valence-electron chi connectivity index (χ3n) is 4.62. The quantitative estimate of drug-likeness (QED) is 0.695. The third-order valence-corrected chi connectivity index (χ3v) is 4.62. The number of carboxylic acids is 1. The van der Waals surface area contributed by atoms with Gasteiger partial charge in [0.05, 0.1) is 11.3 Å². The number of fused-ring (bicyclic) bond motifs is 2. The van der Waals surface area contributed by atoms with Gasteiger partial charge in [0.2, 0.25) is 0 Å². The van der Waals surface area contributed by atoms with Crippen LogP contribution in [0.2, 0.25) is 0 Å². The van der Waals surface area contributed by atoms with Gasteiger partial charge in [0, 0.05) is 17.4 Å². The lowest BCUT2D eigenvalue weighted by molar-refractivity contribution is 0.0696. The molecule has 0 spiro atoms. The zero-order valence-corrected chi connectivity index (χ0v) is 14.0. The fourth-order valence-electron chi connectivity index (χ4n) is 3.30. The Bertz CT molecular complexity index is 1110. The van der Waals surface area contributed by atoms with Crippen LogP contribution in [0.15, 0.2) is 47.4 Å². The van der Waals surface area contributed by atoms with Crippen molar-refractivity contribution in [3.8, 4) is 0 Å². The summed E-state index contributed by atoms with van der Waals surface area (Å²) in [4.78, 5) is 28.7. The van der Waals surface area contributed by atoms with Crippen LogP contribution in [-0.4, -0.2) is 20.5 Å².